The minimum absolute atomic E-state index is 0.0280. The predicted octanol–water partition coefficient (Wildman–Crippen LogP) is 0.474. The second-order valence-electron chi connectivity index (χ2n) is 5.58. The zero-order valence-electron chi connectivity index (χ0n) is 10.7. The first-order valence-corrected chi connectivity index (χ1v) is 6.28. The number of nitrogens with one attached hydrogen (secondary N) is 1. The van der Waals surface area contributed by atoms with Crippen LogP contribution < -0.4 is 5.32 Å². The van der Waals surface area contributed by atoms with Crippen molar-refractivity contribution in [3.63, 3.8) is 0 Å². The molecule has 0 aromatic heterocycles. The molecule has 4 heteroatoms. The van der Waals surface area contributed by atoms with Crippen LogP contribution in [-0.4, -0.2) is 62.0 Å². The normalized spacial score (nSPS) is 36.2. The van der Waals surface area contributed by atoms with Crippen LogP contribution in [-0.2, 0) is 9.47 Å². The number of hydrogen-bond acceptors (Lipinski definition) is 4. The zero-order chi connectivity index (χ0) is 11.6. The summed E-state index contributed by atoms with van der Waals surface area (Å²) in [5.41, 5.74) is -0.0280. The van der Waals surface area contributed by atoms with Crippen molar-refractivity contribution < 1.29 is 9.47 Å². The lowest BCUT2D eigenvalue weighted by Gasteiger charge is -2.43. The standard InChI is InChI=1S/C12H24N2O2/c1-10-7-14(9-12(2,3)16-10)8-11-6-13-4-5-15-11/h10-11,13H,4-9H2,1-3H3. The second-order valence-corrected chi connectivity index (χ2v) is 5.58. The first kappa shape index (κ1) is 12.3. The minimum atomic E-state index is -0.0280. The lowest BCUT2D eigenvalue weighted by molar-refractivity contribution is -0.137. The van der Waals surface area contributed by atoms with Crippen LogP contribution in [0.5, 0.6) is 0 Å². The fourth-order valence-electron chi connectivity index (χ4n) is 2.75. The molecular formula is C12H24N2O2. The van der Waals surface area contributed by atoms with Crippen molar-refractivity contribution in [2.24, 2.45) is 0 Å². The number of ether oxygens (including phenoxy) is 2. The van der Waals surface area contributed by atoms with Gasteiger partial charge >= 0.3 is 0 Å². The minimum Gasteiger partial charge on any atom is -0.374 e. The summed E-state index contributed by atoms with van der Waals surface area (Å²) < 4.78 is 11.6. The monoisotopic (exact) mass is 228 g/mol. The molecule has 0 amide bonds. The Bertz CT molecular complexity index is 227. The average molecular weight is 228 g/mol. The van der Waals surface area contributed by atoms with Gasteiger partial charge in [0, 0.05) is 32.7 Å². The van der Waals surface area contributed by atoms with Crippen LogP contribution >= 0.6 is 0 Å². The molecule has 0 bridgehead atoms. The molecule has 2 unspecified atom stereocenters. The molecular weight excluding hydrogens is 204 g/mol. The molecule has 0 spiro atoms. The van der Waals surface area contributed by atoms with Crippen molar-refractivity contribution in [1.29, 1.82) is 0 Å². The van der Waals surface area contributed by atoms with Crippen LogP contribution in [0.25, 0.3) is 0 Å². The van der Waals surface area contributed by atoms with Crippen LogP contribution in [0.4, 0.5) is 0 Å². The Morgan fingerprint density at radius 2 is 2.25 bits per heavy atom. The van der Waals surface area contributed by atoms with Crippen molar-refractivity contribution in [3.05, 3.63) is 0 Å². The summed E-state index contributed by atoms with van der Waals surface area (Å²) in [5.74, 6) is 0. The first-order chi connectivity index (χ1) is 7.55. The van der Waals surface area contributed by atoms with Gasteiger partial charge in [-0.2, -0.15) is 0 Å². The third-order valence-electron chi connectivity index (χ3n) is 3.11. The van der Waals surface area contributed by atoms with E-state index in [0.717, 1.165) is 39.3 Å². The van der Waals surface area contributed by atoms with E-state index in [-0.39, 0.29) is 5.60 Å². The molecule has 1 N–H and O–H groups in total. The quantitative estimate of drug-likeness (QED) is 0.745. The lowest BCUT2D eigenvalue weighted by atomic mass is 10.1. The van der Waals surface area contributed by atoms with E-state index >= 15 is 0 Å². The number of morpholine rings is 2. The molecule has 4 nitrogen and oxygen atoms in total. The lowest BCUT2D eigenvalue weighted by Crippen LogP contribution is -2.55. The predicted molar refractivity (Wildman–Crippen MR) is 63.7 cm³/mol. The van der Waals surface area contributed by atoms with Crippen molar-refractivity contribution in [2.75, 3.05) is 39.3 Å². The molecule has 2 atom stereocenters. The third kappa shape index (κ3) is 3.42. The van der Waals surface area contributed by atoms with Crippen LogP contribution in [0.2, 0.25) is 0 Å². The number of hydrogen-bond donors (Lipinski definition) is 1. The molecule has 0 radical (unpaired) electrons. The van der Waals surface area contributed by atoms with E-state index in [1.807, 2.05) is 0 Å². The molecule has 0 saturated carbocycles. The summed E-state index contributed by atoms with van der Waals surface area (Å²) in [6.45, 7) is 12.3. The van der Waals surface area contributed by atoms with Crippen LogP contribution in [0.1, 0.15) is 20.8 Å². The van der Waals surface area contributed by atoms with E-state index < -0.39 is 0 Å². The molecule has 0 aliphatic carbocycles. The third-order valence-corrected chi connectivity index (χ3v) is 3.11. The second kappa shape index (κ2) is 5.00. The summed E-state index contributed by atoms with van der Waals surface area (Å²) >= 11 is 0. The molecule has 2 saturated heterocycles. The molecule has 0 aromatic rings. The molecule has 0 aromatic carbocycles. The highest BCUT2D eigenvalue weighted by molar-refractivity contribution is 4.84. The van der Waals surface area contributed by atoms with E-state index in [2.05, 4.69) is 31.0 Å². The SMILES string of the molecule is CC1CN(CC2CNCCO2)CC(C)(C)O1. The first-order valence-electron chi connectivity index (χ1n) is 6.28. The Kier molecular flexibility index (Phi) is 3.85. The fourth-order valence-corrected chi connectivity index (χ4v) is 2.75. The van der Waals surface area contributed by atoms with E-state index in [9.17, 15) is 0 Å². The Morgan fingerprint density at radius 3 is 2.88 bits per heavy atom. The number of rotatable bonds is 2. The van der Waals surface area contributed by atoms with Gasteiger partial charge in [0.05, 0.1) is 24.4 Å². The van der Waals surface area contributed by atoms with Gasteiger partial charge in [-0.3, -0.25) is 4.90 Å². The van der Waals surface area contributed by atoms with E-state index in [1.165, 1.54) is 0 Å². The Hall–Kier alpha value is -0.160. The molecule has 2 rings (SSSR count). The fraction of sp³-hybridized carbons (Fsp3) is 1.00. The van der Waals surface area contributed by atoms with Crippen molar-refractivity contribution in [2.45, 2.75) is 38.6 Å². The van der Waals surface area contributed by atoms with Gasteiger partial charge in [-0.25, -0.2) is 0 Å². The van der Waals surface area contributed by atoms with Crippen molar-refractivity contribution in [1.82, 2.24) is 10.2 Å². The highest BCUT2D eigenvalue weighted by atomic mass is 16.5. The maximum Gasteiger partial charge on any atom is 0.0826 e. The van der Waals surface area contributed by atoms with Gasteiger partial charge in [0.2, 0.25) is 0 Å². The maximum atomic E-state index is 5.89. The highest BCUT2D eigenvalue weighted by Crippen LogP contribution is 2.21. The zero-order valence-corrected chi connectivity index (χ0v) is 10.7. The van der Waals surface area contributed by atoms with Gasteiger partial charge in [0.1, 0.15) is 0 Å². The largest absolute Gasteiger partial charge is 0.374 e. The molecule has 94 valence electrons. The summed E-state index contributed by atoms with van der Waals surface area (Å²) in [6, 6.07) is 0. The molecule has 2 fully saturated rings. The summed E-state index contributed by atoms with van der Waals surface area (Å²) in [5, 5.41) is 3.37. The van der Waals surface area contributed by atoms with Crippen LogP contribution in [0.15, 0.2) is 0 Å². The topological polar surface area (TPSA) is 33.7 Å². The molecule has 16 heavy (non-hydrogen) atoms. The summed E-state index contributed by atoms with van der Waals surface area (Å²) in [7, 11) is 0. The highest BCUT2D eigenvalue weighted by Gasteiger charge is 2.32. The van der Waals surface area contributed by atoms with Gasteiger partial charge in [0.25, 0.3) is 0 Å². The van der Waals surface area contributed by atoms with Crippen LogP contribution in [0.3, 0.4) is 0 Å². The summed E-state index contributed by atoms with van der Waals surface area (Å²) in [6.07, 6.45) is 0.662. The van der Waals surface area contributed by atoms with Gasteiger partial charge in [-0.05, 0) is 20.8 Å². The summed E-state index contributed by atoms with van der Waals surface area (Å²) in [4.78, 5) is 2.46. The molecule has 2 aliphatic heterocycles. The number of nitrogens with zero attached hydrogens (tertiary/aromatic N) is 1. The van der Waals surface area contributed by atoms with Crippen molar-refractivity contribution >= 4 is 0 Å². The smallest absolute Gasteiger partial charge is 0.0826 e. The van der Waals surface area contributed by atoms with Gasteiger partial charge < -0.3 is 14.8 Å². The Morgan fingerprint density at radius 1 is 1.44 bits per heavy atom. The average Bonchev–Trinajstić information content (AvgIpc) is 2.15. The van der Waals surface area contributed by atoms with Gasteiger partial charge in [-0.15, -0.1) is 0 Å². The van der Waals surface area contributed by atoms with Crippen molar-refractivity contribution in [3.8, 4) is 0 Å². The maximum absolute atomic E-state index is 5.89. The van der Waals surface area contributed by atoms with Gasteiger partial charge in [-0.1, -0.05) is 0 Å². The van der Waals surface area contributed by atoms with E-state index in [4.69, 9.17) is 9.47 Å². The van der Waals surface area contributed by atoms with E-state index in [0.29, 0.717) is 12.2 Å². The van der Waals surface area contributed by atoms with E-state index in [1.54, 1.807) is 0 Å². The van der Waals surface area contributed by atoms with Gasteiger partial charge in [0.15, 0.2) is 0 Å². The molecule has 2 heterocycles. The Labute approximate surface area is 98.3 Å². The molecule has 2 aliphatic rings. The Balaban J connectivity index is 1.84. The van der Waals surface area contributed by atoms with Crippen LogP contribution in [0, 0.1) is 0 Å².